The maximum atomic E-state index is 14.3. The van der Waals surface area contributed by atoms with E-state index in [1.54, 1.807) is 37.1 Å². The first-order chi connectivity index (χ1) is 15.8. The fourth-order valence-corrected chi connectivity index (χ4v) is 5.31. The zero-order valence-electron chi connectivity index (χ0n) is 18.8. The van der Waals surface area contributed by atoms with E-state index in [2.05, 4.69) is 4.90 Å². The molecular formula is C25H27F2N3O3. The minimum absolute atomic E-state index is 0.0956. The number of likely N-dealkylation sites (N-methyl/N-ethyl adjacent to an activating group) is 1. The topological polar surface area (TPSA) is 53.1 Å². The Labute approximate surface area is 191 Å². The van der Waals surface area contributed by atoms with Gasteiger partial charge in [-0.15, -0.1) is 0 Å². The summed E-state index contributed by atoms with van der Waals surface area (Å²) in [6.45, 7) is 4.49. The van der Waals surface area contributed by atoms with Gasteiger partial charge in [-0.1, -0.05) is 6.07 Å². The number of likely N-dealkylation sites (tertiary alicyclic amines) is 2. The molecule has 5 rings (SSSR count). The Morgan fingerprint density at radius 3 is 2.45 bits per heavy atom. The molecule has 3 aliphatic rings. The van der Waals surface area contributed by atoms with Crippen LogP contribution in [0.4, 0.5) is 8.78 Å². The Hall–Kier alpha value is -3.00. The first kappa shape index (κ1) is 21.8. The number of benzene rings is 2. The maximum Gasteiger partial charge on any atom is 0.257 e. The minimum Gasteiger partial charge on any atom is -0.486 e. The monoisotopic (exact) mass is 455 g/mol. The molecule has 8 heteroatoms. The molecule has 0 spiro atoms. The van der Waals surface area contributed by atoms with Gasteiger partial charge in [0.1, 0.15) is 23.5 Å². The molecule has 2 saturated heterocycles. The third-order valence-corrected chi connectivity index (χ3v) is 7.24. The Kier molecular flexibility index (Phi) is 5.56. The molecule has 2 aromatic carbocycles. The van der Waals surface area contributed by atoms with Crippen LogP contribution in [0, 0.1) is 11.6 Å². The van der Waals surface area contributed by atoms with Crippen molar-refractivity contribution in [1.29, 1.82) is 0 Å². The van der Waals surface area contributed by atoms with E-state index in [0.29, 0.717) is 36.0 Å². The van der Waals surface area contributed by atoms with Gasteiger partial charge in [0.05, 0.1) is 11.6 Å². The Morgan fingerprint density at radius 1 is 1.03 bits per heavy atom. The number of piperidine rings is 1. The van der Waals surface area contributed by atoms with Gasteiger partial charge in [0.25, 0.3) is 5.91 Å². The van der Waals surface area contributed by atoms with E-state index in [4.69, 9.17) is 4.74 Å². The van der Waals surface area contributed by atoms with Crippen molar-refractivity contribution in [3.05, 3.63) is 53.6 Å². The second kappa shape index (κ2) is 8.41. The molecule has 33 heavy (non-hydrogen) atoms. The van der Waals surface area contributed by atoms with Gasteiger partial charge in [-0.3, -0.25) is 14.5 Å². The van der Waals surface area contributed by atoms with Crippen LogP contribution >= 0.6 is 0 Å². The number of hydrogen-bond acceptors (Lipinski definition) is 4. The minimum atomic E-state index is -0.658. The van der Waals surface area contributed by atoms with Crippen molar-refractivity contribution < 1.29 is 23.1 Å². The normalized spacial score (nSPS) is 23.7. The summed E-state index contributed by atoms with van der Waals surface area (Å²) in [5.41, 5.74) is 1.24. The van der Waals surface area contributed by atoms with E-state index in [-0.39, 0.29) is 29.5 Å². The summed E-state index contributed by atoms with van der Waals surface area (Å²) >= 11 is 0. The summed E-state index contributed by atoms with van der Waals surface area (Å²) in [6.07, 6.45) is 1.60. The first-order valence-corrected chi connectivity index (χ1v) is 11.3. The zero-order valence-corrected chi connectivity index (χ0v) is 18.8. The fraction of sp³-hybridized carbons (Fsp3) is 0.440. The van der Waals surface area contributed by atoms with Crippen molar-refractivity contribution in [1.82, 2.24) is 14.7 Å². The third kappa shape index (κ3) is 3.97. The lowest BCUT2D eigenvalue weighted by Crippen LogP contribution is -2.47. The van der Waals surface area contributed by atoms with Crippen LogP contribution in [0.15, 0.2) is 36.4 Å². The number of carbonyl (C=O) groups is 2. The molecule has 2 fully saturated rings. The Bertz CT molecular complexity index is 1100. The fourth-order valence-electron chi connectivity index (χ4n) is 5.31. The smallest absolute Gasteiger partial charge is 0.257 e. The highest BCUT2D eigenvalue weighted by molar-refractivity contribution is 5.98. The van der Waals surface area contributed by atoms with Gasteiger partial charge in [0.2, 0.25) is 5.91 Å². The summed E-state index contributed by atoms with van der Waals surface area (Å²) in [7, 11) is 1.80. The van der Waals surface area contributed by atoms with Gasteiger partial charge in [-0.25, -0.2) is 8.78 Å². The molecule has 0 N–H and O–H groups in total. The molecule has 6 nitrogen and oxygen atoms in total. The molecule has 0 bridgehead atoms. The highest BCUT2D eigenvalue weighted by Crippen LogP contribution is 2.36. The van der Waals surface area contributed by atoms with Crippen molar-refractivity contribution in [2.75, 3.05) is 33.2 Å². The van der Waals surface area contributed by atoms with E-state index in [0.717, 1.165) is 32.0 Å². The molecule has 0 saturated carbocycles. The number of carbonyl (C=O) groups excluding carboxylic acids is 2. The summed E-state index contributed by atoms with van der Waals surface area (Å²) in [4.78, 5) is 30.8. The lowest BCUT2D eigenvalue weighted by Gasteiger charge is -2.36. The summed E-state index contributed by atoms with van der Waals surface area (Å²) in [5.74, 6) is -0.889. The van der Waals surface area contributed by atoms with Crippen molar-refractivity contribution in [3.63, 3.8) is 0 Å². The van der Waals surface area contributed by atoms with Gasteiger partial charge in [-0.05, 0) is 42.7 Å². The maximum absolute atomic E-state index is 14.3. The summed E-state index contributed by atoms with van der Waals surface area (Å²) < 4.78 is 34.1. The molecule has 3 aliphatic heterocycles. The third-order valence-electron chi connectivity index (χ3n) is 7.24. The highest BCUT2D eigenvalue weighted by Gasteiger charge is 2.44. The molecule has 3 heterocycles. The number of fused-ring (bicyclic) bond motifs is 2. The van der Waals surface area contributed by atoms with Gasteiger partial charge < -0.3 is 14.5 Å². The number of amides is 2. The van der Waals surface area contributed by atoms with Crippen LogP contribution in [-0.2, 0) is 4.79 Å². The van der Waals surface area contributed by atoms with Crippen LogP contribution in [0.1, 0.15) is 30.1 Å². The predicted octanol–water partition coefficient (Wildman–Crippen LogP) is 3.16. The first-order valence-electron chi connectivity index (χ1n) is 11.3. The lowest BCUT2D eigenvalue weighted by molar-refractivity contribution is -0.130. The average Bonchev–Trinajstić information content (AvgIpc) is 3.18. The van der Waals surface area contributed by atoms with Gasteiger partial charge in [0.15, 0.2) is 0 Å². The molecule has 0 aromatic heterocycles. The quantitative estimate of drug-likeness (QED) is 0.698. The second-order valence-corrected chi connectivity index (χ2v) is 9.17. The van der Waals surface area contributed by atoms with E-state index < -0.39 is 11.6 Å². The molecule has 2 aromatic rings. The van der Waals surface area contributed by atoms with Crippen LogP contribution < -0.4 is 4.74 Å². The highest BCUT2D eigenvalue weighted by atomic mass is 19.1. The van der Waals surface area contributed by atoms with E-state index >= 15 is 0 Å². The second-order valence-electron chi connectivity index (χ2n) is 9.17. The van der Waals surface area contributed by atoms with E-state index in [9.17, 15) is 18.4 Å². The van der Waals surface area contributed by atoms with Gasteiger partial charge >= 0.3 is 0 Å². The number of ether oxygens (including phenoxy) is 1. The van der Waals surface area contributed by atoms with Crippen molar-refractivity contribution in [3.8, 4) is 16.9 Å². The number of nitrogens with zero attached hydrogens (tertiary/aromatic N) is 3. The van der Waals surface area contributed by atoms with Crippen molar-refractivity contribution in [2.45, 2.75) is 38.0 Å². The molecule has 2 unspecified atom stereocenters. The van der Waals surface area contributed by atoms with Crippen LogP contribution in [0.2, 0.25) is 0 Å². The van der Waals surface area contributed by atoms with Crippen LogP contribution in [0.25, 0.3) is 11.1 Å². The van der Waals surface area contributed by atoms with E-state index in [1.807, 2.05) is 4.90 Å². The van der Waals surface area contributed by atoms with E-state index in [1.165, 1.54) is 12.1 Å². The van der Waals surface area contributed by atoms with Crippen LogP contribution in [0.5, 0.6) is 5.75 Å². The zero-order chi connectivity index (χ0) is 23.3. The standard InChI is InChI=1S/C25H27F2N3O3/c1-15(31)29-9-7-18(8-10-29)30-13-22-24(14-30)33-23-11-16(3-5-20(23)25(32)28(22)2)19-6-4-17(26)12-21(19)27/h3-6,11-12,18,22,24H,7-10,13-14H2,1-2H3. The molecule has 174 valence electrons. The molecule has 0 aliphatic carbocycles. The van der Waals surface area contributed by atoms with Crippen LogP contribution in [0.3, 0.4) is 0 Å². The SMILES string of the molecule is CC(=O)N1CCC(N2CC3Oc4cc(-c5ccc(F)cc5F)ccc4C(=O)N(C)C3C2)CC1. The summed E-state index contributed by atoms with van der Waals surface area (Å²) in [5, 5.41) is 0. The van der Waals surface area contributed by atoms with Gasteiger partial charge in [-0.2, -0.15) is 0 Å². The largest absolute Gasteiger partial charge is 0.486 e. The number of halogens is 2. The summed E-state index contributed by atoms with van der Waals surface area (Å²) in [6, 6.07) is 8.71. The molecule has 2 amide bonds. The van der Waals surface area contributed by atoms with Crippen LogP contribution in [-0.4, -0.2) is 77.9 Å². The Morgan fingerprint density at radius 2 is 1.76 bits per heavy atom. The number of rotatable bonds is 2. The average molecular weight is 456 g/mol. The molecular weight excluding hydrogens is 428 g/mol. The predicted molar refractivity (Wildman–Crippen MR) is 119 cm³/mol. The Balaban J connectivity index is 1.38. The molecule has 2 atom stereocenters. The van der Waals surface area contributed by atoms with Gasteiger partial charge in [0, 0.05) is 57.8 Å². The van der Waals surface area contributed by atoms with Crippen molar-refractivity contribution >= 4 is 11.8 Å². The van der Waals surface area contributed by atoms with Crippen molar-refractivity contribution in [2.24, 2.45) is 0 Å². The number of hydrogen-bond donors (Lipinski definition) is 0. The molecule has 0 radical (unpaired) electrons. The lowest BCUT2D eigenvalue weighted by atomic mass is 10.0.